The highest BCUT2D eigenvalue weighted by Gasteiger charge is 2.21. The van der Waals surface area contributed by atoms with Crippen LogP contribution in [0.25, 0.3) is 0 Å². The average molecular weight is 306 g/mol. The molecule has 1 aromatic carbocycles. The van der Waals surface area contributed by atoms with Gasteiger partial charge in [-0.05, 0) is 59.2 Å². The lowest BCUT2D eigenvalue weighted by molar-refractivity contribution is 0.919. The number of thiocarbonyl (C=S) groups is 1. The fourth-order valence-electron chi connectivity index (χ4n) is 1.16. The molecule has 0 saturated heterocycles. The molecule has 1 aromatic rings. The van der Waals surface area contributed by atoms with Gasteiger partial charge in [0.15, 0.2) is 5.11 Å². The second-order valence-corrected chi connectivity index (χ2v) is 5.20. The summed E-state index contributed by atoms with van der Waals surface area (Å²) in [6.07, 6.45) is 2.41. The van der Waals surface area contributed by atoms with Gasteiger partial charge in [-0.3, -0.25) is 0 Å². The molecule has 2 nitrogen and oxygen atoms in total. The summed E-state index contributed by atoms with van der Waals surface area (Å²) in [6, 6.07) is 6.12. The van der Waals surface area contributed by atoms with Crippen LogP contribution in [0.2, 0.25) is 5.02 Å². The molecule has 0 spiro atoms. The first-order chi connectivity index (χ1) is 7.15. The molecule has 0 radical (unpaired) electrons. The van der Waals surface area contributed by atoms with Crippen molar-refractivity contribution in [3.63, 3.8) is 0 Å². The lowest BCUT2D eigenvalue weighted by atomic mass is 10.3. The van der Waals surface area contributed by atoms with Gasteiger partial charge in [-0.2, -0.15) is 0 Å². The minimum atomic E-state index is 0.558. The standard InChI is InChI=1S/C10H10BrClN2S/c11-8-4-1-6(12)5-9(8)14-10(15)13-7-2-3-7/h1,4-5,7H,2-3H2,(H2,13,14,15). The summed E-state index contributed by atoms with van der Waals surface area (Å²) in [4.78, 5) is 0. The Morgan fingerprint density at radius 1 is 1.47 bits per heavy atom. The van der Waals surface area contributed by atoms with E-state index in [4.69, 9.17) is 23.8 Å². The Bertz CT molecular complexity index is 393. The van der Waals surface area contributed by atoms with Crippen molar-refractivity contribution < 1.29 is 0 Å². The van der Waals surface area contributed by atoms with E-state index in [1.54, 1.807) is 0 Å². The first-order valence-corrected chi connectivity index (χ1v) is 6.25. The Balaban J connectivity index is 2.01. The number of nitrogens with one attached hydrogen (secondary N) is 2. The molecular weight excluding hydrogens is 296 g/mol. The van der Waals surface area contributed by atoms with Gasteiger partial charge in [-0.15, -0.1) is 0 Å². The van der Waals surface area contributed by atoms with E-state index in [-0.39, 0.29) is 0 Å². The van der Waals surface area contributed by atoms with Gasteiger partial charge in [0.25, 0.3) is 0 Å². The number of halogens is 2. The van der Waals surface area contributed by atoms with Crippen LogP contribution in [0.15, 0.2) is 22.7 Å². The lowest BCUT2D eigenvalue weighted by Gasteiger charge is -2.11. The normalized spacial score (nSPS) is 14.8. The van der Waals surface area contributed by atoms with Crippen LogP contribution < -0.4 is 10.6 Å². The molecule has 2 rings (SSSR count). The summed E-state index contributed by atoms with van der Waals surface area (Å²) in [6.45, 7) is 0. The van der Waals surface area contributed by atoms with E-state index >= 15 is 0 Å². The van der Waals surface area contributed by atoms with Crippen LogP contribution in [-0.4, -0.2) is 11.2 Å². The first kappa shape index (κ1) is 11.2. The molecule has 0 unspecified atom stereocenters. The summed E-state index contributed by atoms with van der Waals surface area (Å²) in [5, 5.41) is 7.66. The Hall–Kier alpha value is -0.320. The molecular formula is C10H10BrClN2S. The van der Waals surface area contributed by atoms with E-state index < -0.39 is 0 Å². The molecule has 0 aromatic heterocycles. The molecule has 1 aliphatic carbocycles. The number of benzene rings is 1. The fourth-order valence-corrected chi connectivity index (χ4v) is 1.96. The summed E-state index contributed by atoms with van der Waals surface area (Å²) in [5.74, 6) is 0. The van der Waals surface area contributed by atoms with Crippen LogP contribution in [0.5, 0.6) is 0 Å². The maximum atomic E-state index is 5.89. The largest absolute Gasteiger partial charge is 0.360 e. The van der Waals surface area contributed by atoms with Crippen molar-refractivity contribution in [2.75, 3.05) is 5.32 Å². The predicted octanol–water partition coefficient (Wildman–Crippen LogP) is 3.55. The zero-order valence-electron chi connectivity index (χ0n) is 7.89. The molecule has 0 atom stereocenters. The topological polar surface area (TPSA) is 24.1 Å². The highest BCUT2D eigenvalue weighted by atomic mass is 79.9. The molecule has 0 heterocycles. The molecule has 1 fully saturated rings. The Morgan fingerprint density at radius 2 is 2.20 bits per heavy atom. The molecule has 15 heavy (non-hydrogen) atoms. The Labute approximate surface area is 108 Å². The van der Waals surface area contributed by atoms with Crippen LogP contribution >= 0.6 is 39.7 Å². The Morgan fingerprint density at radius 3 is 2.87 bits per heavy atom. The highest BCUT2D eigenvalue weighted by Crippen LogP contribution is 2.26. The summed E-state index contributed by atoms with van der Waals surface area (Å²) >= 11 is 14.5. The third-order valence-electron chi connectivity index (χ3n) is 2.09. The third kappa shape index (κ3) is 3.33. The lowest BCUT2D eigenvalue weighted by Crippen LogP contribution is -2.30. The van der Waals surface area contributed by atoms with Gasteiger partial charge < -0.3 is 10.6 Å². The molecule has 5 heteroatoms. The van der Waals surface area contributed by atoms with Gasteiger partial charge in [0.1, 0.15) is 0 Å². The fraction of sp³-hybridized carbons (Fsp3) is 0.300. The van der Waals surface area contributed by atoms with Crippen molar-refractivity contribution in [2.24, 2.45) is 0 Å². The predicted molar refractivity (Wildman–Crippen MR) is 71.5 cm³/mol. The van der Waals surface area contributed by atoms with E-state index in [2.05, 4.69) is 26.6 Å². The number of anilines is 1. The summed E-state index contributed by atoms with van der Waals surface area (Å²) < 4.78 is 0.951. The van der Waals surface area contributed by atoms with Crippen molar-refractivity contribution in [2.45, 2.75) is 18.9 Å². The van der Waals surface area contributed by atoms with Gasteiger partial charge in [0.05, 0.1) is 5.69 Å². The van der Waals surface area contributed by atoms with Crippen LogP contribution in [0.1, 0.15) is 12.8 Å². The number of hydrogen-bond acceptors (Lipinski definition) is 1. The van der Waals surface area contributed by atoms with Crippen molar-refractivity contribution in [1.29, 1.82) is 0 Å². The van der Waals surface area contributed by atoms with Crippen molar-refractivity contribution in [3.05, 3.63) is 27.7 Å². The van der Waals surface area contributed by atoms with Crippen LogP contribution in [0.4, 0.5) is 5.69 Å². The summed E-state index contributed by atoms with van der Waals surface area (Å²) in [5.41, 5.74) is 0.889. The third-order valence-corrected chi connectivity index (χ3v) is 3.24. The van der Waals surface area contributed by atoms with Gasteiger partial charge in [0.2, 0.25) is 0 Å². The molecule has 1 aliphatic rings. The van der Waals surface area contributed by atoms with Gasteiger partial charge in [-0.25, -0.2) is 0 Å². The quantitative estimate of drug-likeness (QED) is 0.817. The van der Waals surface area contributed by atoms with Crippen molar-refractivity contribution >= 4 is 50.5 Å². The molecule has 0 aliphatic heterocycles. The second kappa shape index (κ2) is 4.68. The Kier molecular flexibility index (Phi) is 3.49. The molecule has 2 N–H and O–H groups in total. The van der Waals surface area contributed by atoms with Gasteiger partial charge >= 0.3 is 0 Å². The maximum absolute atomic E-state index is 5.89. The van der Waals surface area contributed by atoms with Crippen molar-refractivity contribution in [1.82, 2.24) is 5.32 Å². The first-order valence-electron chi connectivity index (χ1n) is 4.68. The van der Waals surface area contributed by atoms with E-state index in [0.29, 0.717) is 16.2 Å². The van der Waals surface area contributed by atoms with Crippen LogP contribution in [0.3, 0.4) is 0 Å². The number of rotatable bonds is 2. The SMILES string of the molecule is S=C(Nc1cc(Cl)ccc1Br)NC1CC1. The molecule has 80 valence electrons. The minimum Gasteiger partial charge on any atom is -0.360 e. The average Bonchev–Trinajstić information content (AvgIpc) is 2.95. The van der Waals surface area contributed by atoms with E-state index in [1.807, 2.05) is 18.2 Å². The van der Waals surface area contributed by atoms with Crippen LogP contribution in [-0.2, 0) is 0 Å². The maximum Gasteiger partial charge on any atom is 0.171 e. The summed E-state index contributed by atoms with van der Waals surface area (Å²) in [7, 11) is 0. The van der Waals surface area contributed by atoms with Crippen molar-refractivity contribution in [3.8, 4) is 0 Å². The second-order valence-electron chi connectivity index (χ2n) is 3.50. The minimum absolute atomic E-state index is 0.558. The molecule has 0 bridgehead atoms. The van der Waals surface area contributed by atoms with E-state index in [0.717, 1.165) is 10.2 Å². The highest BCUT2D eigenvalue weighted by molar-refractivity contribution is 9.10. The zero-order valence-corrected chi connectivity index (χ0v) is 11.0. The van der Waals surface area contributed by atoms with Gasteiger partial charge in [-0.1, -0.05) is 11.6 Å². The molecule has 1 saturated carbocycles. The monoisotopic (exact) mass is 304 g/mol. The van der Waals surface area contributed by atoms with Gasteiger partial charge in [0, 0.05) is 15.5 Å². The smallest absolute Gasteiger partial charge is 0.171 e. The van der Waals surface area contributed by atoms with E-state index in [1.165, 1.54) is 12.8 Å². The number of hydrogen-bond donors (Lipinski definition) is 2. The zero-order chi connectivity index (χ0) is 10.8. The van der Waals surface area contributed by atoms with E-state index in [9.17, 15) is 0 Å². The van der Waals surface area contributed by atoms with Crippen LogP contribution in [0, 0.1) is 0 Å². The molecule has 0 amide bonds.